The predicted molar refractivity (Wildman–Crippen MR) is 160 cm³/mol. The van der Waals surface area contributed by atoms with Crippen LogP contribution in [-0.2, 0) is 14.9 Å². The van der Waals surface area contributed by atoms with Gasteiger partial charge in [0.25, 0.3) is 0 Å². The summed E-state index contributed by atoms with van der Waals surface area (Å²) in [5, 5.41) is 80.3. The summed E-state index contributed by atoms with van der Waals surface area (Å²) in [6.07, 6.45) is -9.81. The summed E-state index contributed by atoms with van der Waals surface area (Å²) < 4.78 is 11.1. The van der Waals surface area contributed by atoms with Gasteiger partial charge in [-0.3, -0.25) is 0 Å². The molecule has 4 aliphatic rings. The lowest BCUT2D eigenvalue weighted by Crippen LogP contribution is -2.58. The van der Waals surface area contributed by atoms with Crippen LogP contribution in [0.15, 0.2) is 36.4 Å². The molecular formula is C34H39NO10. The summed E-state index contributed by atoms with van der Waals surface area (Å²) in [6.45, 7) is -1.06. The molecule has 0 radical (unpaired) electrons. The maximum Gasteiger partial charge on any atom is 0.147 e. The molecule has 0 amide bonds. The second-order valence-electron chi connectivity index (χ2n) is 12.5. The summed E-state index contributed by atoms with van der Waals surface area (Å²) in [6, 6.07) is 11.9. The lowest BCUT2D eigenvalue weighted by atomic mass is 9.66. The zero-order valence-corrected chi connectivity index (χ0v) is 24.5. The largest absolute Gasteiger partial charge is 0.394 e. The zero-order valence-electron chi connectivity index (χ0n) is 24.5. The topological polar surface area (TPSA) is 206 Å². The molecule has 10 N–H and O–H groups in total. The van der Waals surface area contributed by atoms with Crippen molar-refractivity contribution < 1.29 is 50.3 Å². The van der Waals surface area contributed by atoms with E-state index in [0.717, 1.165) is 47.9 Å². The number of ether oxygens (including phenoxy) is 2. The van der Waals surface area contributed by atoms with Crippen LogP contribution in [0.2, 0.25) is 0 Å². The minimum Gasteiger partial charge on any atom is -0.394 e. The maximum atomic E-state index is 10.4. The smallest absolute Gasteiger partial charge is 0.147 e. The molecule has 6 rings (SSSR count). The second-order valence-corrected chi connectivity index (χ2v) is 12.5. The number of hydrogen-bond donors (Lipinski definition) is 9. The number of fused-ring (bicyclic) bond motifs is 5. The van der Waals surface area contributed by atoms with Crippen molar-refractivity contribution in [1.29, 1.82) is 0 Å². The fraction of sp³-hybridized carbons (Fsp3) is 0.529. The number of rotatable bonds is 2. The van der Waals surface area contributed by atoms with Crippen molar-refractivity contribution in [2.45, 2.75) is 98.2 Å². The molecule has 240 valence electrons. The number of aliphatic hydroxyl groups excluding tert-OH is 8. The van der Waals surface area contributed by atoms with E-state index in [1.165, 1.54) is 0 Å². The molecule has 2 aromatic carbocycles. The van der Waals surface area contributed by atoms with Crippen molar-refractivity contribution in [1.82, 2.24) is 0 Å². The van der Waals surface area contributed by atoms with Gasteiger partial charge in [0.15, 0.2) is 0 Å². The van der Waals surface area contributed by atoms with Crippen LogP contribution in [0.3, 0.4) is 0 Å². The molecule has 0 aromatic heterocycles. The number of nitrogens with two attached hydrogens (primary N) is 1. The van der Waals surface area contributed by atoms with Crippen LogP contribution in [-0.4, -0.2) is 121 Å². The van der Waals surface area contributed by atoms with Gasteiger partial charge in [-0.1, -0.05) is 35.8 Å². The number of hydrogen-bond acceptors (Lipinski definition) is 11. The summed E-state index contributed by atoms with van der Waals surface area (Å²) in [7, 11) is 0. The van der Waals surface area contributed by atoms with Crippen LogP contribution in [0, 0.1) is 23.7 Å². The first-order valence-corrected chi connectivity index (χ1v) is 15.3. The molecule has 1 spiro atoms. The molecule has 2 saturated heterocycles. The molecule has 10 atom stereocenters. The molecule has 11 nitrogen and oxygen atoms in total. The van der Waals surface area contributed by atoms with E-state index in [-0.39, 0.29) is 11.5 Å². The van der Waals surface area contributed by atoms with Gasteiger partial charge < -0.3 is 56.1 Å². The normalized spacial score (nSPS) is 35.5. The van der Waals surface area contributed by atoms with E-state index in [1.807, 2.05) is 36.4 Å². The number of aliphatic hydroxyl groups is 8. The zero-order chi connectivity index (χ0) is 32.0. The van der Waals surface area contributed by atoms with Gasteiger partial charge in [0.05, 0.1) is 13.2 Å². The van der Waals surface area contributed by atoms with Gasteiger partial charge in [-0.05, 0) is 72.2 Å². The Morgan fingerprint density at radius 1 is 0.644 bits per heavy atom. The molecule has 2 aliphatic carbocycles. The van der Waals surface area contributed by atoms with E-state index in [1.54, 1.807) is 0 Å². The lowest BCUT2D eigenvalue weighted by molar-refractivity contribution is -0.214. The maximum absolute atomic E-state index is 10.4. The summed E-state index contributed by atoms with van der Waals surface area (Å²) in [5.41, 5.74) is 11.7. The molecule has 2 aromatic rings. The fourth-order valence-electron chi connectivity index (χ4n) is 7.07. The molecule has 3 fully saturated rings. The van der Waals surface area contributed by atoms with Crippen LogP contribution in [0.4, 0.5) is 0 Å². The molecule has 2 aliphatic heterocycles. The van der Waals surface area contributed by atoms with Crippen LogP contribution in [0.1, 0.15) is 47.9 Å². The molecule has 11 heteroatoms. The Bertz CT molecular complexity index is 1420. The second kappa shape index (κ2) is 12.7. The molecule has 2 heterocycles. The minimum absolute atomic E-state index is 0.0893. The minimum atomic E-state index is -1.50. The van der Waals surface area contributed by atoms with Crippen LogP contribution < -0.4 is 5.73 Å². The van der Waals surface area contributed by atoms with Gasteiger partial charge in [0.2, 0.25) is 0 Å². The van der Waals surface area contributed by atoms with Crippen LogP contribution >= 0.6 is 0 Å². The highest BCUT2D eigenvalue weighted by Gasteiger charge is 2.46. The Morgan fingerprint density at radius 2 is 1.07 bits per heavy atom. The van der Waals surface area contributed by atoms with Crippen molar-refractivity contribution in [3.05, 3.63) is 58.7 Å². The quantitative estimate of drug-likeness (QED) is 0.172. The van der Waals surface area contributed by atoms with E-state index >= 15 is 0 Å². The first-order chi connectivity index (χ1) is 21.6. The highest BCUT2D eigenvalue weighted by Crippen LogP contribution is 2.55. The monoisotopic (exact) mass is 621 g/mol. The van der Waals surface area contributed by atoms with Crippen LogP contribution in [0.5, 0.6) is 0 Å². The van der Waals surface area contributed by atoms with E-state index in [4.69, 9.17) is 15.2 Å². The third-order valence-electron chi connectivity index (χ3n) is 9.75. The Hall–Kier alpha value is -2.88. The average Bonchev–Trinajstić information content (AvgIpc) is 3.31. The van der Waals surface area contributed by atoms with Gasteiger partial charge in [0.1, 0.15) is 61.0 Å². The molecule has 1 saturated carbocycles. The fourth-order valence-corrected chi connectivity index (χ4v) is 7.07. The van der Waals surface area contributed by atoms with E-state index < -0.39 is 74.3 Å². The third kappa shape index (κ3) is 5.69. The molecule has 45 heavy (non-hydrogen) atoms. The third-order valence-corrected chi connectivity index (χ3v) is 9.75. The summed E-state index contributed by atoms with van der Waals surface area (Å²) in [4.78, 5) is 0. The standard InChI is InChI=1S/C34H39NO10/c35-19-9-11-34(12-10-19)22-13-17(3-7-24-28(38)32(42)30(40)26(15-36)44-24)1-5-20(22)21-6-2-18(14-23(21)34)4-8-25-29(39)33(43)31(41)27(16-37)45-25/h1-2,5-6,13-14,19,24-33,36-43H,9-12,15-16,35H2/t24-,25-,26-,27-,28-,29-,30-,31-,32-,33-/m1/s1. The van der Waals surface area contributed by atoms with Gasteiger partial charge in [0, 0.05) is 22.6 Å². The Balaban J connectivity index is 1.32. The highest BCUT2D eigenvalue weighted by atomic mass is 16.5. The SMILES string of the molecule is NC1CCC2(CC1)c1cc(C#C[C@H]3O[C@H](CO)[C@@H](O)[C@H](O)[C@@H]3O)ccc1-c1ccc(C#C[C@H]3O[C@H](CO)[C@@H](O)[C@H](O)[C@@H]3O)cc12. The Morgan fingerprint density at radius 3 is 1.47 bits per heavy atom. The van der Waals surface area contributed by atoms with E-state index in [0.29, 0.717) is 11.1 Å². The molecular weight excluding hydrogens is 582 g/mol. The van der Waals surface area contributed by atoms with Gasteiger partial charge in [-0.15, -0.1) is 0 Å². The van der Waals surface area contributed by atoms with E-state index in [2.05, 4.69) is 23.7 Å². The van der Waals surface area contributed by atoms with Gasteiger partial charge in [-0.25, -0.2) is 0 Å². The predicted octanol–water partition coefficient (Wildman–Crippen LogP) is -1.76. The summed E-state index contributed by atoms with van der Waals surface area (Å²) >= 11 is 0. The molecule has 0 unspecified atom stereocenters. The van der Waals surface area contributed by atoms with Crippen molar-refractivity contribution in [3.8, 4) is 34.8 Å². The van der Waals surface area contributed by atoms with Crippen molar-refractivity contribution in [2.24, 2.45) is 5.73 Å². The van der Waals surface area contributed by atoms with Crippen molar-refractivity contribution in [3.63, 3.8) is 0 Å². The Labute approximate surface area is 260 Å². The van der Waals surface area contributed by atoms with Crippen LogP contribution in [0.25, 0.3) is 11.1 Å². The van der Waals surface area contributed by atoms with E-state index in [9.17, 15) is 40.9 Å². The first-order valence-electron chi connectivity index (χ1n) is 15.3. The average molecular weight is 622 g/mol. The van der Waals surface area contributed by atoms with Crippen molar-refractivity contribution >= 4 is 0 Å². The highest BCUT2D eigenvalue weighted by molar-refractivity contribution is 5.82. The first kappa shape index (κ1) is 32.1. The Kier molecular flexibility index (Phi) is 9.07. The molecule has 0 bridgehead atoms. The number of benzene rings is 2. The van der Waals surface area contributed by atoms with Gasteiger partial charge >= 0.3 is 0 Å². The van der Waals surface area contributed by atoms with Gasteiger partial charge in [-0.2, -0.15) is 0 Å². The summed E-state index contributed by atoms with van der Waals surface area (Å²) in [5.74, 6) is 11.8. The lowest BCUT2D eigenvalue weighted by Gasteiger charge is -2.38. The van der Waals surface area contributed by atoms with Crippen molar-refractivity contribution in [2.75, 3.05) is 13.2 Å².